The number of carbonyl (C=O) groups excluding carboxylic acids is 2. The highest BCUT2D eigenvalue weighted by atomic mass is 31.3. The van der Waals surface area contributed by atoms with Crippen LogP contribution in [0.4, 0.5) is 5.82 Å². The Kier molecular flexibility index (Phi) is 34.3. The summed E-state index contributed by atoms with van der Waals surface area (Å²) < 4.78 is 56.4. The van der Waals surface area contributed by atoms with Crippen molar-refractivity contribution in [3.05, 3.63) is 132 Å². The molecule has 1 saturated heterocycles. The zero-order valence-corrected chi connectivity index (χ0v) is 44.7. The van der Waals surface area contributed by atoms with Crippen LogP contribution in [0, 0.1) is 0 Å². The maximum atomic E-state index is 12.9. The van der Waals surface area contributed by atoms with Crippen LogP contribution in [0.25, 0.3) is 0 Å². The molecule has 0 aromatic carbocycles. The largest absolute Gasteiger partial charge is 0.481 e. The van der Waals surface area contributed by atoms with Gasteiger partial charge in [0.25, 0.3) is 0 Å². The molecule has 21 nitrogen and oxygen atoms in total. The third kappa shape index (κ3) is 31.2. The molecule has 0 amide bonds. The number of carbonyl (C=O) groups is 2. The number of hydrogen-bond donors (Lipinski definition) is 8. The third-order valence-electron chi connectivity index (χ3n) is 10.7. The van der Waals surface area contributed by atoms with E-state index in [1.807, 2.05) is 37.3 Å². The van der Waals surface area contributed by atoms with Crippen molar-refractivity contribution in [3.63, 3.8) is 0 Å². The lowest BCUT2D eigenvalue weighted by Crippen LogP contribution is -2.36. The van der Waals surface area contributed by atoms with Gasteiger partial charge in [-0.2, -0.15) is 9.29 Å². The normalized spacial score (nSPS) is 21.0. The number of esters is 2. The van der Waals surface area contributed by atoms with Gasteiger partial charge in [-0.15, -0.1) is 0 Å². The fourth-order valence-electron chi connectivity index (χ4n) is 6.65. The van der Waals surface area contributed by atoms with E-state index in [2.05, 4.69) is 46.6 Å². The van der Waals surface area contributed by atoms with E-state index in [1.165, 1.54) is 37.5 Å². The van der Waals surface area contributed by atoms with Crippen molar-refractivity contribution in [2.75, 3.05) is 25.6 Å². The first-order chi connectivity index (χ1) is 35.9. The Bertz CT molecular complexity index is 2240. The van der Waals surface area contributed by atoms with E-state index in [0.29, 0.717) is 25.7 Å². The number of hydrogen-bond acceptors (Lipinski definition) is 18. The van der Waals surface area contributed by atoms with Gasteiger partial charge in [0.2, 0.25) is 0 Å². The zero-order valence-electron chi connectivity index (χ0n) is 42.9. The number of phosphoric ester groups is 2. The maximum absolute atomic E-state index is 12.9. The highest BCUT2D eigenvalue weighted by Crippen LogP contribution is 2.60. The Balaban J connectivity index is 1.92. The molecule has 1 fully saturated rings. The first kappa shape index (κ1) is 66.4. The SMILES string of the molecule is CC/C=C\C[C@@H](O)/C=C/C=C/C=C\C=C/[C@H](O)[C@@H](O)CCCC(=O)OC[C@H](COP(=O)(O)OP(=O)(O)OC[C@H]1O[C@@H](n2ccc(N)nc2=O)[C@H](O)[C@@H]1O)OC(=O)CCC/C=C\C/C=C\C/C=C\C/C=C\CCCCC. The van der Waals surface area contributed by atoms with E-state index >= 15 is 0 Å². The topological polar surface area (TPSA) is 326 Å². The summed E-state index contributed by atoms with van der Waals surface area (Å²) in [7, 11) is -11.0. The maximum Gasteiger partial charge on any atom is 0.481 e. The van der Waals surface area contributed by atoms with Gasteiger partial charge in [0.1, 0.15) is 30.7 Å². The van der Waals surface area contributed by atoms with Crippen LogP contribution in [0.15, 0.2) is 126 Å². The lowest BCUT2D eigenvalue weighted by Gasteiger charge is -2.21. The van der Waals surface area contributed by atoms with Gasteiger partial charge in [0, 0.05) is 19.0 Å². The summed E-state index contributed by atoms with van der Waals surface area (Å²) in [5.41, 5.74) is 4.55. The number of aliphatic hydroxyl groups is 5. The molecule has 75 heavy (non-hydrogen) atoms. The monoisotopic (exact) mass is 1100 g/mol. The first-order valence-electron chi connectivity index (χ1n) is 25.2. The van der Waals surface area contributed by atoms with Crippen molar-refractivity contribution in [1.29, 1.82) is 0 Å². The van der Waals surface area contributed by atoms with E-state index < -0.39 is 102 Å². The highest BCUT2D eigenvalue weighted by molar-refractivity contribution is 7.61. The fraction of sp³-hybridized carbons (Fsp3) is 0.538. The predicted octanol–water partition coefficient (Wildman–Crippen LogP) is 7.13. The lowest BCUT2D eigenvalue weighted by molar-refractivity contribution is -0.161. The molecule has 1 aromatic rings. The van der Waals surface area contributed by atoms with Gasteiger partial charge in [0.05, 0.1) is 31.5 Å². The molecule has 0 saturated carbocycles. The minimum atomic E-state index is -5.52. The van der Waals surface area contributed by atoms with Crippen LogP contribution in [-0.4, -0.2) is 119 Å². The number of allylic oxidation sites excluding steroid dienone is 15. The Morgan fingerprint density at radius 1 is 0.760 bits per heavy atom. The predicted molar refractivity (Wildman–Crippen MR) is 283 cm³/mol. The number of nitrogens with two attached hydrogens (primary N) is 1. The number of nitrogens with zero attached hydrogens (tertiary/aromatic N) is 2. The second-order valence-corrected chi connectivity index (χ2v) is 20.2. The molecule has 10 atom stereocenters. The van der Waals surface area contributed by atoms with Gasteiger partial charge >= 0.3 is 33.3 Å². The molecule has 1 aliphatic heterocycles. The molecule has 0 spiro atoms. The van der Waals surface area contributed by atoms with Crippen LogP contribution >= 0.6 is 15.6 Å². The number of ether oxygens (including phenoxy) is 3. The van der Waals surface area contributed by atoms with E-state index in [1.54, 1.807) is 36.5 Å². The summed E-state index contributed by atoms with van der Waals surface area (Å²) in [6.07, 6.45) is 32.6. The summed E-state index contributed by atoms with van der Waals surface area (Å²) in [6.45, 7) is 1.53. The zero-order chi connectivity index (χ0) is 55.3. The van der Waals surface area contributed by atoms with Crippen LogP contribution in [0.1, 0.15) is 116 Å². The average molecular weight is 1100 g/mol. The standard InChI is InChI=1S/C52H79N3O18P2/c1-3-5-7-8-9-10-11-12-13-14-15-16-17-18-19-24-28-34-48(60)71-42(38-68-47(59)35-29-33-44(58)43(57)32-27-23-21-20-22-26-31-41(56)30-25-6-4-2)39-69-74(64,65)73-75(66,67)70-40-45-49(61)50(62)51(72-45)55-37-36-46(53)54-52(55)63/h6,9-10,12-13,15-16,18-23,25-27,31-32,36-37,41-45,49-51,56-58,61-62H,3-5,7-8,11,14,17,24,28-30,33-35,38-40H2,1-2H3,(H,64,65)(H,66,67)(H2,53,54,63)/b10-9-,13-12-,16-15-,19-18-,22-20+,23-21-,25-6-,31-26+,32-27-/t41-,42-,43+,44+,45-,49-,50-,51-/m1/s1. The van der Waals surface area contributed by atoms with Crippen molar-refractivity contribution in [1.82, 2.24) is 9.55 Å². The minimum absolute atomic E-state index is 0.00678. The number of unbranched alkanes of at least 4 members (excludes halogenated alkanes) is 4. The summed E-state index contributed by atoms with van der Waals surface area (Å²) in [5, 5.41) is 51.5. The lowest BCUT2D eigenvalue weighted by atomic mass is 10.1. The molecular formula is C52H79N3O18P2. The Morgan fingerprint density at radius 2 is 1.36 bits per heavy atom. The second-order valence-electron chi connectivity index (χ2n) is 17.1. The molecule has 0 aliphatic carbocycles. The highest BCUT2D eigenvalue weighted by Gasteiger charge is 2.46. The number of aromatic nitrogens is 2. The summed E-state index contributed by atoms with van der Waals surface area (Å²) >= 11 is 0. The van der Waals surface area contributed by atoms with Crippen LogP contribution < -0.4 is 11.4 Å². The molecule has 0 bridgehead atoms. The first-order valence-corrected chi connectivity index (χ1v) is 28.2. The van der Waals surface area contributed by atoms with Gasteiger partial charge in [-0.25, -0.2) is 13.9 Å². The van der Waals surface area contributed by atoms with E-state index in [-0.39, 0.29) is 31.5 Å². The Morgan fingerprint density at radius 3 is 2.00 bits per heavy atom. The van der Waals surface area contributed by atoms with Gasteiger partial charge in [-0.1, -0.05) is 136 Å². The fourth-order valence-corrected chi connectivity index (χ4v) is 8.76. The number of nitrogen functional groups attached to an aromatic ring is 1. The van der Waals surface area contributed by atoms with Gasteiger partial charge in [-0.3, -0.25) is 23.2 Å². The van der Waals surface area contributed by atoms with Crippen molar-refractivity contribution in [2.24, 2.45) is 0 Å². The molecule has 2 heterocycles. The molecule has 23 heteroatoms. The quantitative estimate of drug-likeness (QED) is 0.0107. The molecule has 2 rings (SSSR count). The van der Waals surface area contributed by atoms with Crippen LogP contribution in [0.5, 0.6) is 0 Å². The van der Waals surface area contributed by atoms with Crippen LogP contribution in [0.3, 0.4) is 0 Å². The minimum Gasteiger partial charge on any atom is -0.462 e. The molecule has 1 aliphatic rings. The number of anilines is 1. The summed E-state index contributed by atoms with van der Waals surface area (Å²) in [6, 6.07) is 1.22. The van der Waals surface area contributed by atoms with Gasteiger partial charge in [0.15, 0.2) is 12.3 Å². The summed E-state index contributed by atoms with van der Waals surface area (Å²) in [5.74, 6) is -1.73. The second kappa shape index (κ2) is 38.8. The molecule has 0 radical (unpaired) electrons. The number of phosphoric acid groups is 2. The van der Waals surface area contributed by atoms with Crippen LogP contribution in [-0.2, 0) is 46.3 Å². The van der Waals surface area contributed by atoms with Crippen molar-refractivity contribution < 1.29 is 81.6 Å². The smallest absolute Gasteiger partial charge is 0.462 e. The molecule has 9 N–H and O–H groups in total. The van der Waals surface area contributed by atoms with Gasteiger partial charge in [-0.05, 0) is 76.7 Å². The van der Waals surface area contributed by atoms with E-state index in [4.69, 9.17) is 29.0 Å². The van der Waals surface area contributed by atoms with Gasteiger partial charge < -0.3 is 55.3 Å². The summed E-state index contributed by atoms with van der Waals surface area (Å²) in [4.78, 5) is 61.9. The van der Waals surface area contributed by atoms with Crippen molar-refractivity contribution >= 4 is 33.4 Å². The van der Waals surface area contributed by atoms with E-state index in [0.717, 1.165) is 36.4 Å². The van der Waals surface area contributed by atoms with Crippen LogP contribution in [0.2, 0.25) is 0 Å². The number of rotatable bonds is 39. The Labute approximate surface area is 440 Å². The Hall–Kier alpha value is -4.70. The number of aliphatic hydroxyl groups excluding tert-OH is 5. The van der Waals surface area contributed by atoms with E-state index in [9.17, 15) is 58.8 Å². The third-order valence-corrected chi connectivity index (χ3v) is 13.3. The molecular weight excluding hydrogens is 1020 g/mol. The molecule has 1 aromatic heterocycles. The average Bonchev–Trinajstić information content (AvgIpc) is 3.64. The van der Waals surface area contributed by atoms with Crippen molar-refractivity contribution in [3.8, 4) is 0 Å². The molecule has 420 valence electrons. The van der Waals surface area contributed by atoms with Crippen molar-refractivity contribution in [2.45, 2.75) is 159 Å². The molecule has 2 unspecified atom stereocenters.